The summed E-state index contributed by atoms with van der Waals surface area (Å²) < 4.78 is 0. The van der Waals surface area contributed by atoms with Gasteiger partial charge in [0.2, 0.25) is 5.91 Å². The van der Waals surface area contributed by atoms with Gasteiger partial charge < -0.3 is 5.32 Å². The SMILES string of the molecule is O=C(NC(CBr)c1ccccc1)C1CC1. The van der Waals surface area contributed by atoms with Crippen LogP contribution in [0.1, 0.15) is 24.4 Å². The van der Waals surface area contributed by atoms with Gasteiger partial charge in [-0.05, 0) is 18.4 Å². The van der Waals surface area contributed by atoms with Crippen LogP contribution in [0.15, 0.2) is 30.3 Å². The maximum Gasteiger partial charge on any atom is 0.223 e. The van der Waals surface area contributed by atoms with E-state index >= 15 is 0 Å². The van der Waals surface area contributed by atoms with Crippen molar-refractivity contribution < 1.29 is 4.79 Å². The second kappa shape index (κ2) is 4.79. The molecule has 0 heterocycles. The van der Waals surface area contributed by atoms with Crippen molar-refractivity contribution in [2.24, 2.45) is 5.92 Å². The van der Waals surface area contributed by atoms with Crippen LogP contribution >= 0.6 is 15.9 Å². The number of carbonyl (C=O) groups is 1. The summed E-state index contributed by atoms with van der Waals surface area (Å²) in [5.41, 5.74) is 1.16. The third kappa shape index (κ3) is 2.81. The first-order valence-corrected chi connectivity index (χ1v) is 6.34. The molecule has 1 fully saturated rings. The number of carbonyl (C=O) groups excluding carboxylic acids is 1. The highest BCUT2D eigenvalue weighted by atomic mass is 79.9. The molecule has 1 unspecified atom stereocenters. The Kier molecular flexibility index (Phi) is 3.41. The van der Waals surface area contributed by atoms with E-state index in [1.54, 1.807) is 0 Å². The summed E-state index contributed by atoms with van der Waals surface area (Å²) in [5.74, 6) is 0.471. The molecule has 3 heteroatoms. The minimum Gasteiger partial charge on any atom is -0.348 e. The van der Waals surface area contributed by atoms with Crippen LogP contribution in [0.2, 0.25) is 0 Å². The second-order valence-corrected chi connectivity index (χ2v) is 4.55. The zero-order valence-corrected chi connectivity index (χ0v) is 10.0. The third-order valence-electron chi connectivity index (χ3n) is 2.62. The quantitative estimate of drug-likeness (QED) is 0.836. The van der Waals surface area contributed by atoms with Crippen molar-refractivity contribution in [1.82, 2.24) is 5.32 Å². The molecule has 15 heavy (non-hydrogen) atoms. The molecule has 0 aliphatic heterocycles. The first-order chi connectivity index (χ1) is 7.31. The molecule has 2 nitrogen and oxygen atoms in total. The average molecular weight is 268 g/mol. The van der Waals surface area contributed by atoms with E-state index in [1.165, 1.54) is 0 Å². The van der Waals surface area contributed by atoms with Gasteiger partial charge in [-0.15, -0.1) is 0 Å². The summed E-state index contributed by atoms with van der Waals surface area (Å²) in [7, 11) is 0. The Balaban J connectivity index is 2.00. The predicted octanol–water partition coefficient (Wildman–Crippen LogP) is 2.65. The van der Waals surface area contributed by atoms with Crippen LogP contribution in [-0.2, 0) is 4.79 Å². The molecule has 1 N–H and O–H groups in total. The molecule has 1 aliphatic rings. The first-order valence-electron chi connectivity index (χ1n) is 5.22. The molecule has 1 aliphatic carbocycles. The molecule has 1 amide bonds. The van der Waals surface area contributed by atoms with Gasteiger partial charge in [0.05, 0.1) is 6.04 Å². The molecule has 0 bridgehead atoms. The maximum absolute atomic E-state index is 11.6. The first kappa shape index (κ1) is 10.7. The van der Waals surface area contributed by atoms with Crippen LogP contribution in [0, 0.1) is 5.92 Å². The molecule has 1 atom stereocenters. The lowest BCUT2D eigenvalue weighted by atomic mass is 10.1. The van der Waals surface area contributed by atoms with Gasteiger partial charge in [0.1, 0.15) is 0 Å². The number of halogens is 1. The van der Waals surface area contributed by atoms with E-state index in [0.717, 1.165) is 23.7 Å². The standard InChI is InChI=1S/C12H14BrNO/c13-8-11(9-4-2-1-3-5-9)14-12(15)10-6-7-10/h1-5,10-11H,6-8H2,(H,14,15). The zero-order valence-electron chi connectivity index (χ0n) is 8.45. The van der Waals surface area contributed by atoms with Crippen LogP contribution in [-0.4, -0.2) is 11.2 Å². The van der Waals surface area contributed by atoms with Crippen molar-refractivity contribution in [3.8, 4) is 0 Å². The van der Waals surface area contributed by atoms with E-state index < -0.39 is 0 Å². The van der Waals surface area contributed by atoms with Crippen LogP contribution < -0.4 is 5.32 Å². The van der Waals surface area contributed by atoms with Gasteiger partial charge in [-0.25, -0.2) is 0 Å². The fourth-order valence-electron chi connectivity index (χ4n) is 1.53. The van der Waals surface area contributed by atoms with Gasteiger partial charge in [-0.2, -0.15) is 0 Å². The number of benzene rings is 1. The van der Waals surface area contributed by atoms with E-state index in [2.05, 4.69) is 21.2 Å². The van der Waals surface area contributed by atoms with Gasteiger partial charge in [-0.1, -0.05) is 46.3 Å². The van der Waals surface area contributed by atoms with Gasteiger partial charge in [0.15, 0.2) is 0 Å². The number of rotatable bonds is 4. The highest BCUT2D eigenvalue weighted by Gasteiger charge is 2.30. The normalized spacial score (nSPS) is 17.1. The molecule has 0 saturated heterocycles. The molecule has 0 aromatic heterocycles. The lowest BCUT2D eigenvalue weighted by Crippen LogP contribution is -2.30. The van der Waals surface area contributed by atoms with Crippen molar-refractivity contribution >= 4 is 21.8 Å². The summed E-state index contributed by atoms with van der Waals surface area (Å²) in [5, 5.41) is 3.82. The molecule has 0 radical (unpaired) electrons. The van der Waals surface area contributed by atoms with Crippen molar-refractivity contribution in [1.29, 1.82) is 0 Å². The van der Waals surface area contributed by atoms with Gasteiger partial charge in [0, 0.05) is 11.2 Å². The van der Waals surface area contributed by atoms with Gasteiger partial charge >= 0.3 is 0 Å². The van der Waals surface area contributed by atoms with Gasteiger partial charge in [-0.3, -0.25) is 4.79 Å². The van der Waals surface area contributed by atoms with E-state index in [4.69, 9.17) is 0 Å². The largest absolute Gasteiger partial charge is 0.348 e. The molecule has 0 spiro atoms. The van der Waals surface area contributed by atoms with Crippen molar-refractivity contribution in [2.75, 3.05) is 5.33 Å². The minimum absolute atomic E-state index is 0.0966. The van der Waals surface area contributed by atoms with Crippen molar-refractivity contribution in [3.63, 3.8) is 0 Å². The van der Waals surface area contributed by atoms with Crippen LogP contribution in [0.3, 0.4) is 0 Å². The minimum atomic E-state index is 0.0966. The Labute approximate surface area is 98.2 Å². The van der Waals surface area contributed by atoms with E-state index in [1.807, 2.05) is 30.3 Å². The number of nitrogens with one attached hydrogen (secondary N) is 1. The monoisotopic (exact) mass is 267 g/mol. The molecule has 80 valence electrons. The van der Waals surface area contributed by atoms with Crippen molar-refractivity contribution in [2.45, 2.75) is 18.9 Å². The summed E-state index contributed by atoms with van der Waals surface area (Å²) in [6.07, 6.45) is 2.10. The Morgan fingerprint density at radius 3 is 2.60 bits per heavy atom. The predicted molar refractivity (Wildman–Crippen MR) is 63.8 cm³/mol. The fourth-order valence-corrected chi connectivity index (χ4v) is 2.07. The smallest absolute Gasteiger partial charge is 0.223 e. The molecular weight excluding hydrogens is 254 g/mol. The van der Waals surface area contributed by atoms with E-state index in [9.17, 15) is 4.79 Å². The Bertz CT molecular complexity index is 335. The Morgan fingerprint density at radius 1 is 1.40 bits per heavy atom. The Morgan fingerprint density at radius 2 is 2.07 bits per heavy atom. The number of alkyl halides is 1. The summed E-state index contributed by atoms with van der Waals surface area (Å²) >= 11 is 3.44. The third-order valence-corrected chi connectivity index (χ3v) is 3.27. The van der Waals surface area contributed by atoms with Crippen LogP contribution in [0.25, 0.3) is 0 Å². The molecule has 1 aromatic rings. The van der Waals surface area contributed by atoms with Crippen LogP contribution in [0.4, 0.5) is 0 Å². The maximum atomic E-state index is 11.6. The molecular formula is C12H14BrNO. The summed E-state index contributed by atoms with van der Waals surface area (Å²) in [4.78, 5) is 11.6. The van der Waals surface area contributed by atoms with Crippen molar-refractivity contribution in [3.05, 3.63) is 35.9 Å². The molecule has 2 rings (SSSR count). The zero-order chi connectivity index (χ0) is 10.7. The molecule has 1 aromatic carbocycles. The van der Waals surface area contributed by atoms with E-state index in [0.29, 0.717) is 0 Å². The highest BCUT2D eigenvalue weighted by Crippen LogP contribution is 2.30. The molecule has 1 saturated carbocycles. The number of hydrogen-bond donors (Lipinski definition) is 1. The lowest BCUT2D eigenvalue weighted by molar-refractivity contribution is -0.122. The fraction of sp³-hybridized carbons (Fsp3) is 0.417. The second-order valence-electron chi connectivity index (χ2n) is 3.90. The topological polar surface area (TPSA) is 29.1 Å². The highest BCUT2D eigenvalue weighted by molar-refractivity contribution is 9.09. The van der Waals surface area contributed by atoms with Gasteiger partial charge in [0.25, 0.3) is 0 Å². The van der Waals surface area contributed by atoms with E-state index in [-0.39, 0.29) is 17.9 Å². The number of hydrogen-bond acceptors (Lipinski definition) is 1. The number of amides is 1. The average Bonchev–Trinajstić information content (AvgIpc) is 3.10. The van der Waals surface area contributed by atoms with Crippen LogP contribution in [0.5, 0.6) is 0 Å². The Hall–Kier alpha value is -0.830. The lowest BCUT2D eigenvalue weighted by Gasteiger charge is -2.16. The summed E-state index contributed by atoms with van der Waals surface area (Å²) in [6, 6.07) is 10.2. The summed E-state index contributed by atoms with van der Waals surface area (Å²) in [6.45, 7) is 0.